The molecule has 0 saturated carbocycles. The maximum absolute atomic E-state index is 12.1. The van der Waals surface area contributed by atoms with Crippen LogP contribution in [0.1, 0.15) is 25.5 Å². The Morgan fingerprint density at radius 1 is 1.30 bits per heavy atom. The summed E-state index contributed by atoms with van der Waals surface area (Å²) in [5, 5.41) is 14.9. The monoisotopic (exact) mass is 364 g/mol. The van der Waals surface area contributed by atoms with Gasteiger partial charge in [0, 0.05) is 30.7 Å². The van der Waals surface area contributed by atoms with Crippen LogP contribution in [0.5, 0.6) is 0 Å². The molecular formula is C21H24N4O2. The summed E-state index contributed by atoms with van der Waals surface area (Å²) in [5.74, 6) is 0.993. The van der Waals surface area contributed by atoms with Gasteiger partial charge < -0.3 is 20.0 Å². The zero-order valence-corrected chi connectivity index (χ0v) is 15.4. The number of piperidine rings is 1. The predicted octanol–water partition coefficient (Wildman–Crippen LogP) is 3.65. The second-order valence-electron chi connectivity index (χ2n) is 6.79. The summed E-state index contributed by atoms with van der Waals surface area (Å²) in [5.41, 5.74) is 2.04. The summed E-state index contributed by atoms with van der Waals surface area (Å²) in [6.45, 7) is 4.72. The highest BCUT2D eigenvalue weighted by Gasteiger charge is 2.15. The average Bonchev–Trinajstić information content (AvgIpc) is 3.22. The molecule has 2 N–H and O–H groups in total. The van der Waals surface area contributed by atoms with Gasteiger partial charge in [-0.25, -0.2) is 0 Å². The van der Waals surface area contributed by atoms with Crippen LogP contribution in [0.25, 0.3) is 0 Å². The van der Waals surface area contributed by atoms with Gasteiger partial charge in [0.15, 0.2) is 0 Å². The third-order valence-corrected chi connectivity index (χ3v) is 4.77. The number of nitrogens with one attached hydrogen (secondary N) is 2. The number of nitrogens with zero attached hydrogens (tertiary/aromatic N) is 2. The Kier molecular flexibility index (Phi) is 6.16. The number of rotatable bonds is 6. The smallest absolute Gasteiger partial charge is 0.263 e. The number of benzene rings is 1. The zero-order chi connectivity index (χ0) is 19.1. The first-order valence-corrected chi connectivity index (χ1v) is 9.18. The molecule has 3 rings (SSSR count). The lowest BCUT2D eigenvalue weighted by atomic mass is 9.99. The summed E-state index contributed by atoms with van der Waals surface area (Å²) in [6.07, 6.45) is 5.41. The quantitative estimate of drug-likeness (QED) is 0.604. The number of carbonyl (C=O) groups is 1. The molecule has 140 valence electrons. The normalized spacial score (nSPS) is 15.3. The Morgan fingerprint density at radius 2 is 2.04 bits per heavy atom. The highest BCUT2D eigenvalue weighted by Crippen LogP contribution is 2.24. The number of furan rings is 1. The molecule has 1 aliphatic heterocycles. The van der Waals surface area contributed by atoms with E-state index in [1.165, 1.54) is 31.0 Å². The van der Waals surface area contributed by atoms with Crippen LogP contribution in [0.3, 0.4) is 0 Å². The van der Waals surface area contributed by atoms with Crippen molar-refractivity contribution in [3.63, 3.8) is 0 Å². The molecule has 1 aromatic carbocycles. The number of anilines is 2. The van der Waals surface area contributed by atoms with Gasteiger partial charge in [-0.05, 0) is 55.2 Å². The number of nitriles is 1. The fraction of sp³-hybridized carbons (Fsp3) is 0.333. The van der Waals surface area contributed by atoms with Gasteiger partial charge in [-0.2, -0.15) is 5.26 Å². The van der Waals surface area contributed by atoms with E-state index in [1.54, 1.807) is 12.1 Å². The summed E-state index contributed by atoms with van der Waals surface area (Å²) in [4.78, 5) is 14.5. The maximum atomic E-state index is 12.1. The summed E-state index contributed by atoms with van der Waals surface area (Å²) >= 11 is 0. The fourth-order valence-corrected chi connectivity index (χ4v) is 3.02. The van der Waals surface area contributed by atoms with Gasteiger partial charge in [0.2, 0.25) is 0 Å². The van der Waals surface area contributed by atoms with E-state index >= 15 is 0 Å². The summed E-state index contributed by atoms with van der Waals surface area (Å²) in [6, 6.07) is 13.5. The van der Waals surface area contributed by atoms with E-state index < -0.39 is 5.91 Å². The largest absolute Gasteiger partial charge is 0.467 e. The lowest BCUT2D eigenvalue weighted by molar-refractivity contribution is -0.117. The number of carbonyl (C=O) groups excluding carboxylic acids is 1. The van der Waals surface area contributed by atoms with E-state index in [9.17, 15) is 10.1 Å². The van der Waals surface area contributed by atoms with Crippen LogP contribution in [0.2, 0.25) is 0 Å². The van der Waals surface area contributed by atoms with Crippen LogP contribution in [-0.4, -0.2) is 19.0 Å². The maximum Gasteiger partial charge on any atom is 0.263 e. The van der Waals surface area contributed by atoms with E-state index in [4.69, 9.17) is 4.42 Å². The molecule has 27 heavy (non-hydrogen) atoms. The first kappa shape index (κ1) is 18.6. The van der Waals surface area contributed by atoms with Gasteiger partial charge in [0.25, 0.3) is 5.91 Å². The van der Waals surface area contributed by atoms with Crippen molar-refractivity contribution in [2.24, 2.45) is 5.92 Å². The number of amides is 1. The van der Waals surface area contributed by atoms with E-state index in [2.05, 4.69) is 34.6 Å². The summed E-state index contributed by atoms with van der Waals surface area (Å²) < 4.78 is 5.16. The minimum absolute atomic E-state index is 0.00986. The lowest BCUT2D eigenvalue weighted by Gasteiger charge is -2.32. The van der Waals surface area contributed by atoms with Crippen molar-refractivity contribution in [1.82, 2.24) is 5.32 Å². The van der Waals surface area contributed by atoms with Gasteiger partial charge in [-0.1, -0.05) is 6.92 Å². The molecule has 0 atom stereocenters. The van der Waals surface area contributed by atoms with Gasteiger partial charge in [0.05, 0.1) is 12.8 Å². The van der Waals surface area contributed by atoms with Crippen molar-refractivity contribution in [3.8, 4) is 6.07 Å². The molecular weight excluding hydrogens is 340 g/mol. The molecule has 2 aromatic rings. The molecule has 1 saturated heterocycles. The Morgan fingerprint density at radius 3 is 2.67 bits per heavy atom. The predicted molar refractivity (Wildman–Crippen MR) is 105 cm³/mol. The van der Waals surface area contributed by atoms with Crippen molar-refractivity contribution in [3.05, 3.63) is 60.2 Å². The van der Waals surface area contributed by atoms with Gasteiger partial charge in [-0.15, -0.1) is 0 Å². The van der Waals surface area contributed by atoms with Gasteiger partial charge in [0.1, 0.15) is 17.4 Å². The Labute approximate surface area is 159 Å². The molecule has 0 aliphatic carbocycles. The molecule has 6 heteroatoms. The first-order valence-electron chi connectivity index (χ1n) is 9.18. The molecule has 0 radical (unpaired) electrons. The first-order chi connectivity index (χ1) is 13.2. The third kappa shape index (κ3) is 5.14. The molecule has 1 aliphatic rings. The van der Waals surface area contributed by atoms with E-state index in [0.717, 1.165) is 24.7 Å². The molecule has 6 nitrogen and oxygen atoms in total. The second kappa shape index (κ2) is 8.95. The van der Waals surface area contributed by atoms with Gasteiger partial charge in [-0.3, -0.25) is 4.79 Å². The number of hydrogen-bond acceptors (Lipinski definition) is 5. The molecule has 1 aromatic heterocycles. The van der Waals surface area contributed by atoms with Crippen LogP contribution in [0.15, 0.2) is 58.9 Å². The van der Waals surface area contributed by atoms with E-state index in [0.29, 0.717) is 5.76 Å². The van der Waals surface area contributed by atoms with Crippen molar-refractivity contribution < 1.29 is 9.21 Å². The lowest BCUT2D eigenvalue weighted by Crippen LogP contribution is -2.32. The minimum Gasteiger partial charge on any atom is -0.467 e. The van der Waals surface area contributed by atoms with Crippen LogP contribution >= 0.6 is 0 Å². The highest BCUT2D eigenvalue weighted by molar-refractivity contribution is 5.97. The zero-order valence-electron chi connectivity index (χ0n) is 15.4. The van der Waals surface area contributed by atoms with Crippen molar-refractivity contribution in [2.45, 2.75) is 26.3 Å². The Bertz CT molecular complexity index is 811. The Hall–Kier alpha value is -3.20. The van der Waals surface area contributed by atoms with Crippen LogP contribution in [0, 0.1) is 17.2 Å². The van der Waals surface area contributed by atoms with Crippen molar-refractivity contribution >= 4 is 17.3 Å². The van der Waals surface area contributed by atoms with Crippen molar-refractivity contribution in [2.75, 3.05) is 23.3 Å². The van der Waals surface area contributed by atoms with Crippen LogP contribution in [-0.2, 0) is 11.3 Å². The standard InChI is InChI=1S/C21H24N4O2/c1-16-8-10-25(11-9-16)19-6-4-18(5-7-19)23-14-17(13-22)21(26)24-15-20-3-2-12-27-20/h2-7,12,14,16,23H,8-11,15H2,1H3,(H,24,26)/b17-14-. The topological polar surface area (TPSA) is 81.3 Å². The molecule has 1 amide bonds. The van der Waals surface area contributed by atoms with Crippen LogP contribution < -0.4 is 15.5 Å². The fourth-order valence-electron chi connectivity index (χ4n) is 3.02. The minimum atomic E-state index is -0.444. The van der Waals surface area contributed by atoms with E-state index in [-0.39, 0.29) is 12.1 Å². The SMILES string of the molecule is CC1CCN(c2ccc(N/C=C(/C#N)C(=O)NCc3ccco3)cc2)CC1. The number of hydrogen-bond donors (Lipinski definition) is 2. The molecule has 0 unspecified atom stereocenters. The van der Waals surface area contributed by atoms with Crippen molar-refractivity contribution in [1.29, 1.82) is 5.26 Å². The van der Waals surface area contributed by atoms with Gasteiger partial charge >= 0.3 is 0 Å². The molecule has 0 spiro atoms. The molecule has 0 bridgehead atoms. The summed E-state index contributed by atoms with van der Waals surface area (Å²) in [7, 11) is 0. The third-order valence-electron chi connectivity index (χ3n) is 4.77. The highest BCUT2D eigenvalue weighted by atomic mass is 16.3. The average molecular weight is 364 g/mol. The van der Waals surface area contributed by atoms with E-state index in [1.807, 2.05) is 18.2 Å². The second-order valence-corrected chi connectivity index (χ2v) is 6.79. The molecule has 1 fully saturated rings. The Balaban J connectivity index is 1.55. The molecule has 2 heterocycles. The van der Waals surface area contributed by atoms with Crippen LogP contribution in [0.4, 0.5) is 11.4 Å².